The number of carbonyl (C=O) groups is 1. The predicted octanol–water partition coefficient (Wildman–Crippen LogP) is 1.00. The number of hydrogen-bond acceptors (Lipinski definition) is 4. The summed E-state index contributed by atoms with van der Waals surface area (Å²) in [5.41, 5.74) is 0.520. The van der Waals surface area contributed by atoms with Crippen LogP contribution in [0.25, 0.3) is 0 Å². The van der Waals surface area contributed by atoms with Gasteiger partial charge < -0.3 is 10.2 Å². The van der Waals surface area contributed by atoms with Gasteiger partial charge in [0.05, 0.1) is 17.3 Å². The van der Waals surface area contributed by atoms with Gasteiger partial charge >= 0.3 is 0 Å². The Labute approximate surface area is 133 Å². The predicted molar refractivity (Wildman–Crippen MR) is 88.1 cm³/mol. The van der Waals surface area contributed by atoms with E-state index in [1.807, 2.05) is 10.9 Å². The number of nitrogens with one attached hydrogen (secondary N) is 1. The molecule has 1 unspecified atom stereocenters. The molecule has 1 aromatic heterocycles. The third kappa shape index (κ3) is 4.30. The van der Waals surface area contributed by atoms with E-state index in [-0.39, 0.29) is 11.4 Å². The van der Waals surface area contributed by atoms with Gasteiger partial charge in [-0.25, -0.2) is 0 Å². The lowest BCUT2D eigenvalue weighted by Gasteiger charge is -2.36. The Hall–Kier alpha value is -1.40. The second-order valence-corrected chi connectivity index (χ2v) is 7.24. The third-order valence-electron chi connectivity index (χ3n) is 4.25. The standard InChI is InChI=1S/C16H29N5O/c1-13(20-8-6-19(5)7-9-20)10-17-15(22)14-11-18-21(12-14)16(2,3)4/h11-13H,6-10H2,1-5H3,(H,17,22). The van der Waals surface area contributed by atoms with Gasteiger partial charge in [0, 0.05) is 45.0 Å². The first-order valence-electron chi connectivity index (χ1n) is 8.03. The molecule has 1 amide bonds. The van der Waals surface area contributed by atoms with E-state index < -0.39 is 0 Å². The maximum atomic E-state index is 12.2. The van der Waals surface area contributed by atoms with Crippen molar-refractivity contribution < 1.29 is 4.79 Å². The summed E-state index contributed by atoms with van der Waals surface area (Å²) in [5.74, 6) is -0.0449. The Bertz CT molecular complexity index is 497. The van der Waals surface area contributed by atoms with Crippen molar-refractivity contribution in [2.24, 2.45) is 0 Å². The molecule has 1 aliphatic rings. The molecule has 1 saturated heterocycles. The topological polar surface area (TPSA) is 53.4 Å². The Kier molecular flexibility index (Phi) is 5.24. The zero-order valence-electron chi connectivity index (χ0n) is 14.5. The minimum atomic E-state index is -0.106. The summed E-state index contributed by atoms with van der Waals surface area (Å²) in [6.45, 7) is 13.4. The highest BCUT2D eigenvalue weighted by Crippen LogP contribution is 2.13. The molecule has 0 bridgehead atoms. The van der Waals surface area contributed by atoms with E-state index in [9.17, 15) is 4.79 Å². The zero-order valence-corrected chi connectivity index (χ0v) is 14.5. The number of carbonyl (C=O) groups excluding carboxylic acids is 1. The summed E-state index contributed by atoms with van der Waals surface area (Å²) in [7, 11) is 2.15. The summed E-state index contributed by atoms with van der Waals surface area (Å²) in [6, 6.07) is 0.357. The lowest BCUT2D eigenvalue weighted by molar-refractivity contribution is 0.0903. The fourth-order valence-electron chi connectivity index (χ4n) is 2.54. The monoisotopic (exact) mass is 307 g/mol. The number of amides is 1. The van der Waals surface area contributed by atoms with Gasteiger partial charge in [-0.2, -0.15) is 5.10 Å². The van der Waals surface area contributed by atoms with Gasteiger partial charge in [-0.3, -0.25) is 14.4 Å². The van der Waals surface area contributed by atoms with Crippen molar-refractivity contribution in [2.75, 3.05) is 39.8 Å². The largest absolute Gasteiger partial charge is 0.350 e. The van der Waals surface area contributed by atoms with Crippen LogP contribution in [0, 0.1) is 0 Å². The highest BCUT2D eigenvalue weighted by Gasteiger charge is 2.20. The van der Waals surface area contributed by atoms with Crippen LogP contribution < -0.4 is 5.32 Å². The first kappa shape index (κ1) is 17.0. The third-order valence-corrected chi connectivity index (χ3v) is 4.25. The molecule has 0 spiro atoms. The molecule has 124 valence electrons. The number of likely N-dealkylation sites (N-methyl/N-ethyl adjacent to an activating group) is 1. The first-order valence-corrected chi connectivity index (χ1v) is 8.03. The summed E-state index contributed by atoms with van der Waals surface area (Å²) >= 11 is 0. The van der Waals surface area contributed by atoms with E-state index >= 15 is 0 Å². The van der Waals surface area contributed by atoms with Crippen LogP contribution in [0.3, 0.4) is 0 Å². The normalized spacial score (nSPS) is 19.1. The van der Waals surface area contributed by atoms with Gasteiger partial charge in [-0.1, -0.05) is 0 Å². The van der Waals surface area contributed by atoms with E-state index in [0.717, 1.165) is 26.2 Å². The van der Waals surface area contributed by atoms with Crippen molar-refractivity contribution in [3.05, 3.63) is 18.0 Å². The molecule has 1 aromatic rings. The van der Waals surface area contributed by atoms with Crippen LogP contribution in [0.5, 0.6) is 0 Å². The van der Waals surface area contributed by atoms with Crippen LogP contribution in [-0.2, 0) is 5.54 Å². The van der Waals surface area contributed by atoms with Crippen LogP contribution in [0.4, 0.5) is 0 Å². The van der Waals surface area contributed by atoms with E-state index in [2.05, 4.69) is 55.0 Å². The minimum Gasteiger partial charge on any atom is -0.350 e. The van der Waals surface area contributed by atoms with Crippen LogP contribution in [0.15, 0.2) is 12.4 Å². The van der Waals surface area contributed by atoms with E-state index in [1.165, 1.54) is 0 Å². The quantitative estimate of drug-likeness (QED) is 0.902. The lowest BCUT2D eigenvalue weighted by atomic mass is 10.1. The number of hydrogen-bond donors (Lipinski definition) is 1. The van der Waals surface area contributed by atoms with Crippen LogP contribution in [-0.4, -0.2) is 71.3 Å². The molecule has 0 aromatic carbocycles. The SMILES string of the molecule is CC(CNC(=O)c1cnn(C(C)(C)C)c1)N1CCN(C)CC1. The minimum absolute atomic E-state index is 0.0449. The molecule has 2 rings (SSSR count). The van der Waals surface area contributed by atoms with Gasteiger partial charge in [-0.05, 0) is 34.7 Å². The molecule has 6 nitrogen and oxygen atoms in total. The average Bonchev–Trinajstić information content (AvgIpc) is 2.95. The molecule has 1 N–H and O–H groups in total. The summed E-state index contributed by atoms with van der Waals surface area (Å²) in [5, 5.41) is 7.30. The average molecular weight is 307 g/mol. The zero-order chi connectivity index (χ0) is 16.3. The molecule has 0 aliphatic carbocycles. The number of rotatable bonds is 4. The molecule has 0 saturated carbocycles. The van der Waals surface area contributed by atoms with Crippen molar-refractivity contribution in [3.8, 4) is 0 Å². The highest BCUT2D eigenvalue weighted by molar-refractivity contribution is 5.93. The van der Waals surface area contributed by atoms with E-state index in [1.54, 1.807) is 6.20 Å². The molecule has 2 heterocycles. The molecule has 1 atom stereocenters. The van der Waals surface area contributed by atoms with Crippen molar-refractivity contribution in [1.82, 2.24) is 24.9 Å². The van der Waals surface area contributed by atoms with Gasteiger partial charge in [-0.15, -0.1) is 0 Å². The Morgan fingerprint density at radius 1 is 1.32 bits per heavy atom. The second-order valence-electron chi connectivity index (χ2n) is 7.24. The van der Waals surface area contributed by atoms with Crippen molar-refractivity contribution >= 4 is 5.91 Å². The fraction of sp³-hybridized carbons (Fsp3) is 0.750. The summed E-state index contributed by atoms with van der Waals surface area (Å²) in [6.07, 6.45) is 3.46. The van der Waals surface area contributed by atoms with Gasteiger partial charge in [0.2, 0.25) is 0 Å². The molecule has 6 heteroatoms. The molecular weight excluding hydrogens is 278 g/mol. The number of piperazine rings is 1. The summed E-state index contributed by atoms with van der Waals surface area (Å²) < 4.78 is 1.83. The number of aromatic nitrogens is 2. The molecule has 0 radical (unpaired) electrons. The van der Waals surface area contributed by atoms with Crippen molar-refractivity contribution in [1.29, 1.82) is 0 Å². The Morgan fingerprint density at radius 3 is 2.50 bits per heavy atom. The summed E-state index contributed by atoms with van der Waals surface area (Å²) in [4.78, 5) is 17.0. The van der Waals surface area contributed by atoms with Crippen molar-refractivity contribution in [3.63, 3.8) is 0 Å². The first-order chi connectivity index (χ1) is 10.3. The fourth-order valence-corrected chi connectivity index (χ4v) is 2.54. The Morgan fingerprint density at radius 2 is 1.95 bits per heavy atom. The second kappa shape index (κ2) is 6.79. The molecule has 22 heavy (non-hydrogen) atoms. The Balaban J connectivity index is 1.83. The van der Waals surface area contributed by atoms with Gasteiger partial charge in [0.15, 0.2) is 0 Å². The van der Waals surface area contributed by atoms with E-state index in [0.29, 0.717) is 18.2 Å². The number of nitrogens with zero attached hydrogens (tertiary/aromatic N) is 4. The lowest BCUT2D eigenvalue weighted by Crippen LogP contribution is -2.51. The van der Waals surface area contributed by atoms with E-state index in [4.69, 9.17) is 0 Å². The van der Waals surface area contributed by atoms with Gasteiger partial charge in [0.1, 0.15) is 0 Å². The maximum absolute atomic E-state index is 12.2. The smallest absolute Gasteiger partial charge is 0.254 e. The molecule has 1 aliphatic heterocycles. The molecular formula is C16H29N5O. The van der Waals surface area contributed by atoms with Crippen molar-refractivity contribution in [2.45, 2.75) is 39.3 Å². The van der Waals surface area contributed by atoms with Crippen LogP contribution in [0.1, 0.15) is 38.1 Å². The highest BCUT2D eigenvalue weighted by atomic mass is 16.1. The maximum Gasteiger partial charge on any atom is 0.254 e. The van der Waals surface area contributed by atoms with Crippen LogP contribution in [0.2, 0.25) is 0 Å². The van der Waals surface area contributed by atoms with Gasteiger partial charge in [0.25, 0.3) is 5.91 Å². The van der Waals surface area contributed by atoms with Crippen LogP contribution >= 0.6 is 0 Å². The molecule has 1 fully saturated rings.